The number of aliphatic hydroxyl groups is 1. The molecule has 3 rings (SSSR count). The standard InChI is InChI=1S/C18H33NO/c20-18-13-6-5-11-16(18)17-12-7-8-14-19(17)15-9-3-1-2-4-10-15/h15-18,20H,1-14H2. The summed E-state index contributed by atoms with van der Waals surface area (Å²) >= 11 is 0. The van der Waals surface area contributed by atoms with E-state index in [0.29, 0.717) is 12.0 Å². The van der Waals surface area contributed by atoms with Gasteiger partial charge in [-0.25, -0.2) is 0 Å². The van der Waals surface area contributed by atoms with Crippen LogP contribution in [0.3, 0.4) is 0 Å². The van der Waals surface area contributed by atoms with Gasteiger partial charge in [0.2, 0.25) is 0 Å². The van der Waals surface area contributed by atoms with Crippen molar-refractivity contribution in [3.63, 3.8) is 0 Å². The summed E-state index contributed by atoms with van der Waals surface area (Å²) in [6.45, 7) is 1.30. The highest BCUT2D eigenvalue weighted by Crippen LogP contribution is 2.37. The second-order valence-electron chi connectivity index (χ2n) is 7.46. The Morgan fingerprint density at radius 3 is 2.05 bits per heavy atom. The summed E-state index contributed by atoms with van der Waals surface area (Å²) in [4.78, 5) is 2.86. The molecular formula is C18H33NO. The molecule has 0 aromatic rings. The van der Waals surface area contributed by atoms with E-state index >= 15 is 0 Å². The molecule has 0 amide bonds. The molecule has 1 aliphatic heterocycles. The van der Waals surface area contributed by atoms with Gasteiger partial charge in [-0.1, -0.05) is 44.9 Å². The number of aliphatic hydroxyl groups excluding tert-OH is 1. The summed E-state index contributed by atoms with van der Waals surface area (Å²) in [5.74, 6) is 0.576. The van der Waals surface area contributed by atoms with Crippen molar-refractivity contribution in [3.8, 4) is 0 Å². The zero-order valence-corrected chi connectivity index (χ0v) is 13.1. The largest absolute Gasteiger partial charge is 0.393 e. The first-order valence-electron chi connectivity index (χ1n) is 9.30. The predicted molar refractivity (Wildman–Crippen MR) is 83.8 cm³/mol. The molecular weight excluding hydrogens is 246 g/mol. The van der Waals surface area contributed by atoms with Gasteiger partial charge in [0.25, 0.3) is 0 Å². The van der Waals surface area contributed by atoms with Crippen molar-refractivity contribution in [2.24, 2.45) is 5.92 Å². The van der Waals surface area contributed by atoms with Gasteiger partial charge in [-0.15, -0.1) is 0 Å². The zero-order valence-electron chi connectivity index (χ0n) is 13.1. The molecule has 3 fully saturated rings. The molecule has 0 aromatic heterocycles. The summed E-state index contributed by atoms with van der Waals surface area (Å²) in [5, 5.41) is 10.5. The average molecular weight is 279 g/mol. The molecule has 3 aliphatic rings. The molecule has 2 heteroatoms. The van der Waals surface area contributed by atoms with E-state index < -0.39 is 0 Å². The maximum Gasteiger partial charge on any atom is 0.0583 e. The van der Waals surface area contributed by atoms with Crippen LogP contribution in [0.5, 0.6) is 0 Å². The lowest BCUT2D eigenvalue weighted by molar-refractivity contribution is -0.0246. The van der Waals surface area contributed by atoms with Gasteiger partial charge in [0.1, 0.15) is 0 Å². The van der Waals surface area contributed by atoms with Gasteiger partial charge in [0.05, 0.1) is 6.10 Å². The molecule has 1 N–H and O–H groups in total. The summed E-state index contributed by atoms with van der Waals surface area (Å²) in [7, 11) is 0. The Morgan fingerprint density at radius 1 is 0.650 bits per heavy atom. The minimum absolute atomic E-state index is 0.0138. The molecule has 116 valence electrons. The Kier molecular flexibility index (Phi) is 5.39. The molecule has 0 aromatic carbocycles. The van der Waals surface area contributed by atoms with Gasteiger partial charge in [0, 0.05) is 18.0 Å². The Hall–Kier alpha value is -0.0800. The Balaban J connectivity index is 1.69. The van der Waals surface area contributed by atoms with Crippen molar-refractivity contribution < 1.29 is 5.11 Å². The molecule has 2 aliphatic carbocycles. The number of rotatable bonds is 2. The van der Waals surface area contributed by atoms with Gasteiger partial charge in [-0.2, -0.15) is 0 Å². The highest BCUT2D eigenvalue weighted by atomic mass is 16.3. The minimum Gasteiger partial charge on any atom is -0.393 e. The third-order valence-electron chi connectivity index (χ3n) is 6.16. The third kappa shape index (κ3) is 3.39. The van der Waals surface area contributed by atoms with Crippen LogP contribution in [0.1, 0.15) is 83.5 Å². The van der Waals surface area contributed by atoms with Crippen molar-refractivity contribution >= 4 is 0 Å². The van der Waals surface area contributed by atoms with Crippen LogP contribution in [0.2, 0.25) is 0 Å². The van der Waals surface area contributed by atoms with Crippen molar-refractivity contribution in [3.05, 3.63) is 0 Å². The summed E-state index contributed by atoms with van der Waals surface area (Å²) in [5.41, 5.74) is 0. The minimum atomic E-state index is -0.0138. The number of likely N-dealkylation sites (tertiary alicyclic amines) is 1. The highest BCUT2D eigenvalue weighted by Gasteiger charge is 2.38. The van der Waals surface area contributed by atoms with E-state index in [1.165, 1.54) is 83.6 Å². The lowest BCUT2D eigenvalue weighted by atomic mass is 9.77. The molecule has 0 radical (unpaired) electrons. The number of hydrogen-bond donors (Lipinski definition) is 1. The Bertz CT molecular complexity index is 285. The number of nitrogens with zero attached hydrogens (tertiary/aromatic N) is 1. The van der Waals surface area contributed by atoms with Crippen molar-refractivity contribution in [2.45, 2.75) is 102 Å². The van der Waals surface area contributed by atoms with Gasteiger partial charge in [0.15, 0.2) is 0 Å². The van der Waals surface area contributed by atoms with Crippen molar-refractivity contribution in [2.75, 3.05) is 6.54 Å². The van der Waals surface area contributed by atoms with Crippen LogP contribution < -0.4 is 0 Å². The molecule has 1 heterocycles. The number of hydrogen-bond acceptors (Lipinski definition) is 2. The lowest BCUT2D eigenvalue weighted by Gasteiger charge is -2.47. The summed E-state index contributed by atoms with van der Waals surface area (Å²) in [6.07, 6.45) is 17.6. The van der Waals surface area contributed by atoms with E-state index in [-0.39, 0.29) is 6.10 Å². The lowest BCUT2D eigenvalue weighted by Crippen LogP contribution is -2.52. The topological polar surface area (TPSA) is 23.5 Å². The molecule has 3 atom stereocenters. The maximum atomic E-state index is 10.5. The first-order valence-corrected chi connectivity index (χ1v) is 9.30. The van der Waals surface area contributed by atoms with Gasteiger partial charge in [-0.3, -0.25) is 4.90 Å². The fourth-order valence-electron chi connectivity index (χ4n) is 5.07. The summed E-state index contributed by atoms with van der Waals surface area (Å²) < 4.78 is 0. The molecule has 20 heavy (non-hydrogen) atoms. The monoisotopic (exact) mass is 279 g/mol. The zero-order chi connectivity index (χ0) is 13.8. The van der Waals surface area contributed by atoms with Crippen LogP contribution in [0.4, 0.5) is 0 Å². The smallest absolute Gasteiger partial charge is 0.0583 e. The first-order chi connectivity index (χ1) is 9.86. The van der Waals surface area contributed by atoms with Gasteiger partial charge >= 0.3 is 0 Å². The SMILES string of the molecule is OC1CCCCC1C1CCCCN1C1CCCCCC1. The maximum absolute atomic E-state index is 10.5. The summed E-state index contributed by atoms with van der Waals surface area (Å²) in [6, 6.07) is 1.53. The van der Waals surface area contributed by atoms with Gasteiger partial charge < -0.3 is 5.11 Å². The predicted octanol–water partition coefficient (Wildman–Crippen LogP) is 4.11. The van der Waals surface area contributed by atoms with Crippen LogP contribution in [0, 0.1) is 5.92 Å². The molecule has 0 bridgehead atoms. The fraction of sp³-hybridized carbons (Fsp3) is 1.00. The van der Waals surface area contributed by atoms with E-state index in [1.807, 2.05) is 0 Å². The third-order valence-corrected chi connectivity index (χ3v) is 6.16. The first kappa shape index (κ1) is 14.8. The van der Waals surface area contributed by atoms with Crippen LogP contribution in [0.15, 0.2) is 0 Å². The van der Waals surface area contributed by atoms with Crippen LogP contribution in [-0.2, 0) is 0 Å². The van der Waals surface area contributed by atoms with E-state index in [2.05, 4.69) is 4.90 Å². The second-order valence-corrected chi connectivity index (χ2v) is 7.46. The molecule has 0 spiro atoms. The Morgan fingerprint density at radius 2 is 1.30 bits per heavy atom. The fourth-order valence-corrected chi connectivity index (χ4v) is 5.07. The second kappa shape index (κ2) is 7.26. The van der Waals surface area contributed by atoms with Crippen LogP contribution >= 0.6 is 0 Å². The molecule has 3 unspecified atom stereocenters. The quantitative estimate of drug-likeness (QED) is 0.769. The normalized spacial score (nSPS) is 38.5. The van der Waals surface area contributed by atoms with Crippen LogP contribution in [0.25, 0.3) is 0 Å². The van der Waals surface area contributed by atoms with Crippen molar-refractivity contribution in [1.82, 2.24) is 4.90 Å². The van der Waals surface area contributed by atoms with Gasteiger partial charge in [-0.05, 0) is 45.1 Å². The van der Waals surface area contributed by atoms with E-state index in [4.69, 9.17) is 0 Å². The van der Waals surface area contributed by atoms with Crippen LogP contribution in [-0.4, -0.2) is 34.7 Å². The highest BCUT2D eigenvalue weighted by molar-refractivity contribution is 4.92. The Labute approximate surface area is 124 Å². The van der Waals surface area contributed by atoms with E-state index in [1.54, 1.807) is 0 Å². The molecule has 2 nitrogen and oxygen atoms in total. The number of piperidine rings is 1. The molecule has 1 saturated heterocycles. The van der Waals surface area contributed by atoms with Crippen molar-refractivity contribution in [1.29, 1.82) is 0 Å². The average Bonchev–Trinajstić information content (AvgIpc) is 2.77. The van der Waals surface area contributed by atoms with E-state index in [9.17, 15) is 5.11 Å². The molecule has 2 saturated carbocycles. The van der Waals surface area contributed by atoms with E-state index in [0.717, 1.165) is 12.5 Å².